The summed E-state index contributed by atoms with van der Waals surface area (Å²) in [6.45, 7) is 6.42. The van der Waals surface area contributed by atoms with E-state index in [1.54, 1.807) is 0 Å². The first kappa shape index (κ1) is 10.6. The molecule has 0 aliphatic heterocycles. The quantitative estimate of drug-likeness (QED) is 0.550. The fraction of sp³-hybridized carbons (Fsp3) is 0.455. The van der Waals surface area contributed by atoms with Gasteiger partial charge in [-0.25, -0.2) is 0 Å². The van der Waals surface area contributed by atoms with E-state index in [1.165, 1.54) is 11.1 Å². The first-order valence-corrected chi connectivity index (χ1v) is 5.08. The minimum atomic E-state index is -0.168. The van der Waals surface area contributed by atoms with Crippen LogP contribution in [0.25, 0.3) is 0 Å². The van der Waals surface area contributed by atoms with Gasteiger partial charge in [0, 0.05) is 0 Å². The van der Waals surface area contributed by atoms with E-state index in [9.17, 15) is 0 Å². The van der Waals surface area contributed by atoms with Gasteiger partial charge in [0.15, 0.2) is 0 Å². The maximum Gasteiger partial charge on any atom is 0.0737 e. The Morgan fingerprint density at radius 3 is 2.38 bits per heavy atom. The fourth-order valence-corrected chi connectivity index (χ4v) is 1.61. The van der Waals surface area contributed by atoms with Gasteiger partial charge in [0.1, 0.15) is 0 Å². The summed E-state index contributed by atoms with van der Waals surface area (Å²) in [6, 6.07) is 6.41. The van der Waals surface area contributed by atoms with Crippen molar-refractivity contribution < 1.29 is 0 Å². The molecule has 0 fully saturated rings. The number of nitrogens with two attached hydrogens (primary N) is 1. The molecule has 0 aliphatic carbocycles. The Balaban J connectivity index is 3.11. The Hall–Kier alpha value is -0.470. The second-order valence-electron chi connectivity index (χ2n) is 3.72. The minimum Gasteiger partial charge on any atom is -0.316 e. The normalized spacial score (nSPS) is 13.4. The van der Waals surface area contributed by atoms with Gasteiger partial charge in [-0.1, -0.05) is 32.0 Å². The summed E-state index contributed by atoms with van der Waals surface area (Å²) in [5.74, 6) is 0.548. The Labute approximate surface area is 85.8 Å². The zero-order chi connectivity index (χ0) is 10.0. The van der Waals surface area contributed by atoms with Gasteiger partial charge in [-0.05, 0) is 29.5 Å². The first-order chi connectivity index (χ1) is 6.02. The van der Waals surface area contributed by atoms with E-state index in [2.05, 4.69) is 51.6 Å². The molecule has 1 rings (SSSR count). The molecule has 1 aromatic rings. The highest BCUT2D eigenvalue weighted by Gasteiger charge is 2.06. The van der Waals surface area contributed by atoms with Crippen LogP contribution in [-0.4, -0.2) is 0 Å². The lowest BCUT2D eigenvalue weighted by Gasteiger charge is -2.13. The number of hydrogen-bond donors (Lipinski definition) is 2. The summed E-state index contributed by atoms with van der Waals surface area (Å²) < 4.78 is 0. The van der Waals surface area contributed by atoms with Crippen molar-refractivity contribution >= 4 is 12.6 Å². The van der Waals surface area contributed by atoms with E-state index in [-0.39, 0.29) is 5.37 Å². The van der Waals surface area contributed by atoms with Gasteiger partial charge >= 0.3 is 0 Å². The van der Waals surface area contributed by atoms with Crippen LogP contribution in [0.2, 0.25) is 0 Å². The standard InChI is InChI=1S/C11H17NS/c1-7(2)9-5-4-8(3)10(6-9)11(12)13/h4-7,11,13H,12H2,1-3H3. The summed E-state index contributed by atoms with van der Waals surface area (Å²) in [4.78, 5) is 0. The van der Waals surface area contributed by atoms with Crippen LogP contribution in [0, 0.1) is 6.92 Å². The molecule has 1 unspecified atom stereocenters. The van der Waals surface area contributed by atoms with Gasteiger partial charge in [-0.3, -0.25) is 0 Å². The number of benzene rings is 1. The highest BCUT2D eigenvalue weighted by molar-refractivity contribution is 7.80. The molecule has 1 aromatic carbocycles. The number of aryl methyl sites for hydroxylation is 1. The average Bonchev–Trinajstić information content (AvgIpc) is 2.04. The SMILES string of the molecule is Cc1ccc(C(C)C)cc1C(N)S. The zero-order valence-electron chi connectivity index (χ0n) is 8.41. The summed E-state index contributed by atoms with van der Waals surface area (Å²) >= 11 is 4.25. The lowest BCUT2D eigenvalue weighted by molar-refractivity contribution is 0.858. The molecule has 1 atom stereocenters. The highest BCUT2D eigenvalue weighted by atomic mass is 32.1. The minimum absolute atomic E-state index is 0.168. The van der Waals surface area contributed by atoms with Crippen molar-refractivity contribution in [2.45, 2.75) is 32.1 Å². The molecule has 2 heteroatoms. The predicted octanol–water partition coefficient (Wildman–Crippen LogP) is 3.01. The third kappa shape index (κ3) is 2.48. The molecule has 13 heavy (non-hydrogen) atoms. The molecule has 0 aliphatic rings. The van der Waals surface area contributed by atoms with Crippen LogP contribution < -0.4 is 5.73 Å². The Kier molecular flexibility index (Phi) is 3.40. The van der Waals surface area contributed by atoms with Crippen LogP contribution in [0.15, 0.2) is 18.2 Å². The summed E-state index contributed by atoms with van der Waals surface area (Å²) in [5.41, 5.74) is 9.42. The van der Waals surface area contributed by atoms with Gasteiger partial charge in [0.2, 0.25) is 0 Å². The van der Waals surface area contributed by atoms with Crippen LogP contribution in [0.3, 0.4) is 0 Å². The number of hydrogen-bond acceptors (Lipinski definition) is 2. The van der Waals surface area contributed by atoms with E-state index in [0.29, 0.717) is 5.92 Å². The molecule has 0 radical (unpaired) electrons. The Bertz CT molecular complexity index is 292. The molecule has 2 N–H and O–H groups in total. The lowest BCUT2D eigenvalue weighted by atomic mass is 9.98. The van der Waals surface area contributed by atoms with Gasteiger partial charge in [0.25, 0.3) is 0 Å². The third-order valence-corrected chi connectivity index (χ3v) is 2.57. The largest absolute Gasteiger partial charge is 0.316 e. The molecule has 0 heterocycles. The van der Waals surface area contributed by atoms with Crippen molar-refractivity contribution in [1.29, 1.82) is 0 Å². The molecule has 0 spiro atoms. The van der Waals surface area contributed by atoms with Crippen LogP contribution in [0.4, 0.5) is 0 Å². The molecule has 0 aromatic heterocycles. The van der Waals surface area contributed by atoms with E-state index >= 15 is 0 Å². The predicted molar refractivity (Wildman–Crippen MR) is 61.2 cm³/mol. The molecule has 72 valence electrons. The topological polar surface area (TPSA) is 26.0 Å². The molecule has 0 saturated heterocycles. The molecule has 1 nitrogen and oxygen atoms in total. The van der Waals surface area contributed by atoms with E-state index in [1.807, 2.05) is 0 Å². The second kappa shape index (κ2) is 4.16. The molecular formula is C11H17NS. The summed E-state index contributed by atoms with van der Waals surface area (Å²) in [7, 11) is 0. The van der Waals surface area contributed by atoms with Crippen molar-refractivity contribution in [2.75, 3.05) is 0 Å². The van der Waals surface area contributed by atoms with Gasteiger partial charge < -0.3 is 5.73 Å². The van der Waals surface area contributed by atoms with Crippen molar-refractivity contribution in [3.63, 3.8) is 0 Å². The van der Waals surface area contributed by atoms with Crippen molar-refractivity contribution in [3.8, 4) is 0 Å². The van der Waals surface area contributed by atoms with Gasteiger partial charge in [0.05, 0.1) is 5.37 Å². The fourth-order valence-electron chi connectivity index (χ4n) is 1.34. The maximum atomic E-state index is 5.75. The summed E-state index contributed by atoms with van der Waals surface area (Å²) in [6.07, 6.45) is 0. The highest BCUT2D eigenvalue weighted by Crippen LogP contribution is 2.23. The van der Waals surface area contributed by atoms with E-state index in [0.717, 1.165) is 5.56 Å². The number of thiol groups is 1. The van der Waals surface area contributed by atoms with Gasteiger partial charge in [-0.15, -0.1) is 0 Å². The first-order valence-electron chi connectivity index (χ1n) is 4.56. The smallest absolute Gasteiger partial charge is 0.0737 e. The maximum absolute atomic E-state index is 5.75. The monoisotopic (exact) mass is 195 g/mol. The van der Waals surface area contributed by atoms with Crippen LogP contribution >= 0.6 is 12.6 Å². The lowest BCUT2D eigenvalue weighted by Crippen LogP contribution is -2.05. The zero-order valence-corrected chi connectivity index (χ0v) is 9.31. The Morgan fingerprint density at radius 1 is 1.31 bits per heavy atom. The average molecular weight is 195 g/mol. The van der Waals surface area contributed by atoms with E-state index in [4.69, 9.17) is 5.73 Å². The molecule has 0 saturated carbocycles. The molecule has 0 bridgehead atoms. The van der Waals surface area contributed by atoms with Crippen LogP contribution in [0.5, 0.6) is 0 Å². The number of rotatable bonds is 2. The molecule has 0 amide bonds. The van der Waals surface area contributed by atoms with Crippen molar-refractivity contribution in [1.82, 2.24) is 0 Å². The van der Waals surface area contributed by atoms with Crippen LogP contribution in [0.1, 0.15) is 41.8 Å². The molecular weight excluding hydrogens is 178 g/mol. The van der Waals surface area contributed by atoms with Crippen molar-refractivity contribution in [3.05, 3.63) is 34.9 Å². The Morgan fingerprint density at radius 2 is 1.92 bits per heavy atom. The van der Waals surface area contributed by atoms with Gasteiger partial charge in [-0.2, -0.15) is 12.6 Å². The third-order valence-electron chi connectivity index (χ3n) is 2.29. The van der Waals surface area contributed by atoms with E-state index < -0.39 is 0 Å². The van der Waals surface area contributed by atoms with Crippen molar-refractivity contribution in [2.24, 2.45) is 5.73 Å². The second-order valence-corrected chi connectivity index (χ2v) is 4.27. The summed E-state index contributed by atoms with van der Waals surface area (Å²) in [5, 5.41) is -0.168. The van der Waals surface area contributed by atoms with Crippen LogP contribution in [-0.2, 0) is 0 Å².